The van der Waals surface area contributed by atoms with Crippen molar-refractivity contribution >= 4 is 50.3 Å². The highest BCUT2D eigenvalue weighted by atomic mass is 32.2. The second-order valence-electron chi connectivity index (χ2n) is 4.52. The van der Waals surface area contributed by atoms with Crippen molar-refractivity contribution in [1.82, 2.24) is 4.90 Å². The maximum atomic E-state index is 8.88. The number of hydrogen-bond acceptors (Lipinski definition) is 6. The third kappa shape index (κ3) is 1.68. The molecule has 0 saturated heterocycles. The molecular weight excluding hydrogens is 290 g/mol. The number of hydrogen-bond donors (Lipinski definition) is 1. The van der Waals surface area contributed by atoms with E-state index in [2.05, 4.69) is 44.7 Å². The molecule has 0 aliphatic carbocycles. The number of thiophene rings is 1. The summed E-state index contributed by atoms with van der Waals surface area (Å²) < 4.78 is 1.27. The molecule has 0 amide bonds. The van der Waals surface area contributed by atoms with Gasteiger partial charge >= 0.3 is 0 Å². The fraction of sp³-hybridized carbons (Fsp3) is 0.143. The Morgan fingerprint density at radius 3 is 3.15 bits per heavy atom. The Morgan fingerprint density at radius 1 is 1.35 bits per heavy atom. The van der Waals surface area contributed by atoms with E-state index in [0.717, 1.165) is 28.9 Å². The second-order valence-corrected chi connectivity index (χ2v) is 6.44. The molecule has 1 aromatic carbocycles. The molecule has 0 fully saturated rings. The summed E-state index contributed by atoms with van der Waals surface area (Å²) in [4.78, 5) is 7.67. The van der Waals surface area contributed by atoms with Gasteiger partial charge in [0, 0.05) is 27.6 Å². The number of amidine groups is 1. The van der Waals surface area contributed by atoms with Crippen molar-refractivity contribution in [1.29, 1.82) is 0 Å². The summed E-state index contributed by atoms with van der Waals surface area (Å²) in [5, 5.41) is 16.5. The summed E-state index contributed by atoms with van der Waals surface area (Å²) in [7, 11) is 0. The molecule has 0 atom stereocenters. The van der Waals surface area contributed by atoms with Gasteiger partial charge in [0.2, 0.25) is 0 Å². The van der Waals surface area contributed by atoms with Gasteiger partial charge in [-0.05, 0) is 17.8 Å². The average Bonchev–Trinajstić information content (AvgIpc) is 3.13. The molecule has 0 saturated carbocycles. The molecule has 2 aliphatic rings. The standard InChI is InChI=1S/C14H11N3OS2/c18-16-7-12-13(17-6-5-15-14(17)20-12)10-8-19-11-4-2-1-3-9(10)11/h1-4,7-8,18H,5-6H2/b16-7+. The Morgan fingerprint density at radius 2 is 2.25 bits per heavy atom. The first-order chi connectivity index (χ1) is 9.88. The van der Waals surface area contributed by atoms with Crippen LogP contribution in [-0.2, 0) is 0 Å². The Labute approximate surface area is 124 Å². The van der Waals surface area contributed by atoms with Gasteiger partial charge in [0.15, 0.2) is 5.17 Å². The van der Waals surface area contributed by atoms with Gasteiger partial charge in [-0.15, -0.1) is 11.3 Å². The van der Waals surface area contributed by atoms with E-state index in [-0.39, 0.29) is 0 Å². The second kappa shape index (κ2) is 4.64. The molecule has 4 rings (SSSR count). The number of allylic oxidation sites excluding steroid dienone is 1. The van der Waals surface area contributed by atoms with E-state index >= 15 is 0 Å². The number of rotatable bonds is 2. The summed E-state index contributed by atoms with van der Waals surface area (Å²) in [5.41, 5.74) is 2.31. The summed E-state index contributed by atoms with van der Waals surface area (Å²) >= 11 is 3.31. The summed E-state index contributed by atoms with van der Waals surface area (Å²) in [6.07, 6.45) is 1.51. The first kappa shape index (κ1) is 12.0. The van der Waals surface area contributed by atoms with Gasteiger partial charge < -0.3 is 10.1 Å². The first-order valence-corrected chi connectivity index (χ1v) is 7.96. The van der Waals surface area contributed by atoms with Gasteiger partial charge in [-0.25, -0.2) is 0 Å². The maximum absolute atomic E-state index is 8.88. The number of benzene rings is 1. The lowest BCUT2D eigenvalue weighted by Gasteiger charge is -2.16. The van der Waals surface area contributed by atoms with Gasteiger partial charge in [0.05, 0.1) is 23.4 Å². The molecule has 100 valence electrons. The average molecular weight is 301 g/mol. The molecule has 1 N–H and O–H groups in total. The van der Waals surface area contributed by atoms with Crippen LogP contribution in [-0.4, -0.2) is 34.6 Å². The highest BCUT2D eigenvalue weighted by molar-refractivity contribution is 8.18. The quantitative estimate of drug-likeness (QED) is 0.525. The molecule has 0 unspecified atom stereocenters. The van der Waals surface area contributed by atoms with Crippen molar-refractivity contribution in [2.24, 2.45) is 10.1 Å². The zero-order valence-electron chi connectivity index (χ0n) is 10.5. The van der Waals surface area contributed by atoms with E-state index in [1.54, 1.807) is 23.1 Å². The fourth-order valence-electron chi connectivity index (χ4n) is 2.58. The lowest BCUT2D eigenvalue weighted by atomic mass is 10.1. The first-order valence-electron chi connectivity index (χ1n) is 6.26. The molecule has 0 radical (unpaired) electrons. The van der Waals surface area contributed by atoms with Crippen molar-refractivity contribution < 1.29 is 5.21 Å². The summed E-state index contributed by atoms with van der Waals surface area (Å²) in [6.45, 7) is 1.72. The van der Waals surface area contributed by atoms with E-state index in [1.807, 2.05) is 0 Å². The van der Waals surface area contributed by atoms with Crippen LogP contribution in [0.2, 0.25) is 0 Å². The normalized spacial score (nSPS) is 18.4. The van der Waals surface area contributed by atoms with Crippen LogP contribution < -0.4 is 0 Å². The Balaban J connectivity index is 1.94. The number of fused-ring (bicyclic) bond motifs is 2. The topological polar surface area (TPSA) is 48.2 Å². The lowest BCUT2D eigenvalue weighted by Crippen LogP contribution is -2.19. The van der Waals surface area contributed by atoms with E-state index in [0.29, 0.717) is 0 Å². The Kier molecular flexibility index (Phi) is 2.78. The minimum Gasteiger partial charge on any atom is -0.411 e. The van der Waals surface area contributed by atoms with Crippen LogP contribution in [0.5, 0.6) is 0 Å². The van der Waals surface area contributed by atoms with Crippen LogP contribution in [0.1, 0.15) is 5.56 Å². The van der Waals surface area contributed by atoms with E-state index in [4.69, 9.17) is 5.21 Å². The largest absolute Gasteiger partial charge is 0.411 e. The molecule has 20 heavy (non-hydrogen) atoms. The summed E-state index contributed by atoms with van der Waals surface area (Å²) in [6, 6.07) is 8.38. The van der Waals surface area contributed by atoms with Gasteiger partial charge in [0.25, 0.3) is 0 Å². The number of oxime groups is 1. The predicted molar refractivity (Wildman–Crippen MR) is 85.6 cm³/mol. The monoisotopic (exact) mass is 301 g/mol. The van der Waals surface area contributed by atoms with Crippen molar-refractivity contribution in [3.8, 4) is 0 Å². The smallest absolute Gasteiger partial charge is 0.168 e. The third-order valence-corrected chi connectivity index (χ3v) is 5.43. The Bertz CT molecular complexity index is 776. The zero-order valence-corrected chi connectivity index (χ0v) is 12.1. The zero-order chi connectivity index (χ0) is 13.5. The lowest BCUT2D eigenvalue weighted by molar-refractivity contribution is 0.322. The molecule has 2 aliphatic heterocycles. The van der Waals surface area contributed by atoms with Crippen LogP contribution >= 0.6 is 23.1 Å². The molecule has 6 heteroatoms. The Hall–Kier alpha value is -1.79. The fourth-order valence-corrected chi connectivity index (χ4v) is 4.59. The molecule has 4 nitrogen and oxygen atoms in total. The number of nitrogens with zero attached hydrogens (tertiary/aromatic N) is 3. The van der Waals surface area contributed by atoms with E-state index < -0.39 is 0 Å². The van der Waals surface area contributed by atoms with Crippen LogP contribution in [0.25, 0.3) is 15.8 Å². The van der Waals surface area contributed by atoms with Crippen LogP contribution in [0.3, 0.4) is 0 Å². The number of aliphatic imine (C=N–C) groups is 1. The van der Waals surface area contributed by atoms with Crippen molar-refractivity contribution in [2.75, 3.05) is 13.1 Å². The number of thioether (sulfide) groups is 1. The minimum atomic E-state index is 0.831. The van der Waals surface area contributed by atoms with Crippen molar-refractivity contribution in [2.45, 2.75) is 0 Å². The van der Waals surface area contributed by atoms with E-state index in [9.17, 15) is 0 Å². The molecule has 0 bridgehead atoms. The predicted octanol–water partition coefficient (Wildman–Crippen LogP) is 3.45. The molecular formula is C14H11N3OS2. The van der Waals surface area contributed by atoms with Crippen molar-refractivity contribution in [3.63, 3.8) is 0 Å². The molecule has 3 heterocycles. The third-order valence-electron chi connectivity index (χ3n) is 3.42. The SMILES string of the molecule is O/N=C/C1=C(c2csc3ccccc23)N2CCN=C2S1. The molecule has 1 aromatic heterocycles. The highest BCUT2D eigenvalue weighted by Crippen LogP contribution is 2.44. The summed E-state index contributed by atoms with van der Waals surface area (Å²) in [5.74, 6) is 0. The van der Waals surface area contributed by atoms with Gasteiger partial charge in [-0.2, -0.15) is 0 Å². The van der Waals surface area contributed by atoms with Crippen molar-refractivity contribution in [3.05, 3.63) is 40.1 Å². The highest BCUT2D eigenvalue weighted by Gasteiger charge is 2.33. The van der Waals surface area contributed by atoms with Gasteiger partial charge in [0.1, 0.15) is 0 Å². The molecule has 2 aromatic rings. The van der Waals surface area contributed by atoms with Crippen LogP contribution in [0.15, 0.2) is 44.7 Å². The van der Waals surface area contributed by atoms with Gasteiger partial charge in [-0.3, -0.25) is 4.99 Å². The van der Waals surface area contributed by atoms with Crippen LogP contribution in [0.4, 0.5) is 0 Å². The maximum Gasteiger partial charge on any atom is 0.168 e. The van der Waals surface area contributed by atoms with Gasteiger partial charge in [-0.1, -0.05) is 23.4 Å². The molecule has 0 spiro atoms. The minimum absolute atomic E-state index is 0.831. The van der Waals surface area contributed by atoms with E-state index in [1.165, 1.54) is 21.9 Å². The van der Waals surface area contributed by atoms with Crippen LogP contribution in [0, 0.1) is 0 Å².